The van der Waals surface area contributed by atoms with Gasteiger partial charge in [-0.3, -0.25) is 10.7 Å². The first-order chi connectivity index (χ1) is 14.0. The largest absolute Gasteiger partial charge is 0.447 e. The molecule has 7 heteroatoms. The van der Waals surface area contributed by atoms with Crippen molar-refractivity contribution in [1.82, 2.24) is 9.55 Å². The maximum absolute atomic E-state index is 12.1. The number of imidazole rings is 1. The third-order valence-electron chi connectivity index (χ3n) is 4.28. The van der Waals surface area contributed by atoms with E-state index in [0.29, 0.717) is 16.8 Å². The minimum absolute atomic E-state index is 0.155. The Kier molecular flexibility index (Phi) is 4.87. The molecule has 4 aromatic rings. The Morgan fingerprint density at radius 2 is 1.76 bits per heavy atom. The van der Waals surface area contributed by atoms with Gasteiger partial charge in [-0.05, 0) is 37.4 Å². The van der Waals surface area contributed by atoms with Crippen LogP contribution in [0.3, 0.4) is 0 Å². The molecule has 1 aromatic heterocycles. The molecule has 0 saturated carbocycles. The van der Waals surface area contributed by atoms with Crippen LogP contribution in [0.15, 0.2) is 66.7 Å². The number of nitrogens with one attached hydrogen (secondary N) is 2. The molecule has 0 radical (unpaired) electrons. The topological polar surface area (TPSA) is 89.2 Å². The van der Waals surface area contributed by atoms with Crippen LogP contribution >= 0.6 is 0 Å². The fourth-order valence-electron chi connectivity index (χ4n) is 3.08. The molecule has 29 heavy (non-hydrogen) atoms. The van der Waals surface area contributed by atoms with Crippen molar-refractivity contribution in [3.05, 3.63) is 66.7 Å². The maximum Gasteiger partial charge on any atom is 0.414 e. The highest BCUT2D eigenvalue weighted by atomic mass is 16.6. The summed E-state index contributed by atoms with van der Waals surface area (Å²) in [6.45, 7) is 3.52. The summed E-state index contributed by atoms with van der Waals surface area (Å²) < 4.78 is 12.5. The molecule has 0 saturated heterocycles. The first-order valence-electron chi connectivity index (χ1n) is 9.22. The van der Waals surface area contributed by atoms with Crippen LogP contribution in [-0.2, 0) is 4.74 Å². The summed E-state index contributed by atoms with van der Waals surface area (Å²) in [6.07, 6.45) is -0.922. The molecule has 1 heterocycles. The SMILES string of the molecule is CC(C)OC(=O)Nc1nc2ccccc2n1C(=N)Oc1cccc2ccccc12. The van der Waals surface area contributed by atoms with E-state index in [2.05, 4.69) is 10.3 Å². The summed E-state index contributed by atoms with van der Waals surface area (Å²) in [7, 11) is 0. The van der Waals surface area contributed by atoms with Gasteiger partial charge >= 0.3 is 12.1 Å². The standard InChI is InChI=1S/C22H20N4O3/c1-14(2)28-22(27)25-21-24-17-11-5-6-12-18(17)26(21)20(23)29-19-13-7-9-15-8-3-4-10-16(15)19/h3-14,23H,1-2H3,(H,24,25,27). The Labute approximate surface area is 167 Å². The number of hydrogen-bond acceptors (Lipinski definition) is 5. The van der Waals surface area contributed by atoms with Crippen molar-refractivity contribution in [2.45, 2.75) is 20.0 Å². The molecule has 3 aromatic carbocycles. The minimum atomic E-state index is -0.644. The van der Waals surface area contributed by atoms with Crippen molar-refractivity contribution < 1.29 is 14.3 Å². The third-order valence-corrected chi connectivity index (χ3v) is 4.28. The van der Waals surface area contributed by atoms with Gasteiger partial charge in [0, 0.05) is 5.39 Å². The monoisotopic (exact) mass is 388 g/mol. The number of para-hydroxylation sites is 2. The summed E-state index contributed by atoms with van der Waals surface area (Å²) in [5.41, 5.74) is 1.26. The number of carbonyl (C=O) groups is 1. The highest BCUT2D eigenvalue weighted by Crippen LogP contribution is 2.27. The molecule has 0 spiro atoms. The van der Waals surface area contributed by atoms with Gasteiger partial charge < -0.3 is 9.47 Å². The van der Waals surface area contributed by atoms with Crippen LogP contribution in [-0.4, -0.2) is 27.8 Å². The zero-order valence-corrected chi connectivity index (χ0v) is 16.0. The Morgan fingerprint density at radius 3 is 2.59 bits per heavy atom. The van der Waals surface area contributed by atoms with E-state index in [-0.39, 0.29) is 18.1 Å². The molecule has 7 nitrogen and oxygen atoms in total. The molecule has 1 amide bonds. The van der Waals surface area contributed by atoms with Crippen LogP contribution in [0, 0.1) is 5.41 Å². The Balaban J connectivity index is 1.72. The Bertz CT molecular complexity index is 1210. The van der Waals surface area contributed by atoms with E-state index in [9.17, 15) is 4.79 Å². The number of aromatic nitrogens is 2. The average molecular weight is 388 g/mol. The second kappa shape index (κ2) is 7.63. The predicted molar refractivity (Wildman–Crippen MR) is 113 cm³/mol. The van der Waals surface area contributed by atoms with Crippen LogP contribution in [0.5, 0.6) is 5.75 Å². The van der Waals surface area contributed by atoms with E-state index in [1.54, 1.807) is 26.0 Å². The number of nitrogens with zero attached hydrogens (tertiary/aromatic N) is 2. The summed E-state index contributed by atoms with van der Waals surface area (Å²) >= 11 is 0. The predicted octanol–water partition coefficient (Wildman–Crippen LogP) is 5.01. The lowest BCUT2D eigenvalue weighted by Gasteiger charge is -2.14. The van der Waals surface area contributed by atoms with Crippen molar-refractivity contribution in [3.8, 4) is 5.75 Å². The minimum Gasteiger partial charge on any atom is -0.447 e. The zero-order chi connectivity index (χ0) is 20.4. The molecule has 0 aliphatic heterocycles. The molecule has 2 N–H and O–H groups in total. The first-order valence-corrected chi connectivity index (χ1v) is 9.22. The normalized spacial score (nSPS) is 11.0. The van der Waals surface area contributed by atoms with Gasteiger partial charge in [-0.15, -0.1) is 0 Å². The average Bonchev–Trinajstić information content (AvgIpc) is 3.05. The number of anilines is 1. The van der Waals surface area contributed by atoms with Gasteiger partial charge in [0.15, 0.2) is 0 Å². The molecule has 146 valence electrons. The number of benzene rings is 3. The third kappa shape index (κ3) is 3.75. The second-order valence-electron chi connectivity index (χ2n) is 6.72. The second-order valence-corrected chi connectivity index (χ2v) is 6.72. The van der Waals surface area contributed by atoms with Crippen molar-refractivity contribution in [3.63, 3.8) is 0 Å². The van der Waals surface area contributed by atoms with Crippen molar-refractivity contribution in [2.24, 2.45) is 0 Å². The summed E-state index contributed by atoms with van der Waals surface area (Å²) in [6, 6.07) is 20.5. The van der Waals surface area contributed by atoms with E-state index in [0.717, 1.165) is 10.8 Å². The van der Waals surface area contributed by atoms with Gasteiger partial charge in [-0.2, -0.15) is 0 Å². The molecule has 4 rings (SSSR count). The molecule has 0 bridgehead atoms. The van der Waals surface area contributed by atoms with E-state index in [1.807, 2.05) is 54.6 Å². The fraction of sp³-hybridized carbons (Fsp3) is 0.136. The summed E-state index contributed by atoms with van der Waals surface area (Å²) in [5.74, 6) is 0.698. The summed E-state index contributed by atoms with van der Waals surface area (Å²) in [5, 5.41) is 13.1. The van der Waals surface area contributed by atoms with E-state index in [1.165, 1.54) is 4.57 Å². The van der Waals surface area contributed by atoms with Gasteiger partial charge in [0.2, 0.25) is 5.95 Å². The molecular formula is C22H20N4O3. The molecular weight excluding hydrogens is 368 g/mol. The molecule has 0 fully saturated rings. The Morgan fingerprint density at radius 1 is 1.03 bits per heavy atom. The number of fused-ring (bicyclic) bond motifs is 2. The molecule has 0 aliphatic carbocycles. The van der Waals surface area contributed by atoms with Crippen LogP contribution in [0.25, 0.3) is 21.8 Å². The first kappa shape index (κ1) is 18.5. The van der Waals surface area contributed by atoms with Crippen LogP contribution in [0.2, 0.25) is 0 Å². The van der Waals surface area contributed by atoms with E-state index in [4.69, 9.17) is 14.9 Å². The lowest BCUT2D eigenvalue weighted by Crippen LogP contribution is -2.24. The highest BCUT2D eigenvalue weighted by Gasteiger charge is 2.19. The van der Waals surface area contributed by atoms with Crippen molar-refractivity contribution in [1.29, 1.82) is 5.41 Å². The number of rotatable bonds is 3. The van der Waals surface area contributed by atoms with Crippen molar-refractivity contribution in [2.75, 3.05) is 5.32 Å². The lowest BCUT2D eigenvalue weighted by molar-refractivity contribution is 0.129. The molecule has 0 unspecified atom stereocenters. The Hall–Kier alpha value is -3.87. The molecule has 0 atom stereocenters. The van der Waals surface area contributed by atoms with Crippen LogP contribution in [0.4, 0.5) is 10.7 Å². The van der Waals surface area contributed by atoms with Gasteiger partial charge in [0.25, 0.3) is 0 Å². The van der Waals surface area contributed by atoms with Gasteiger partial charge in [-0.25, -0.2) is 14.3 Å². The zero-order valence-electron chi connectivity index (χ0n) is 16.0. The summed E-state index contributed by atoms with van der Waals surface area (Å²) in [4.78, 5) is 16.5. The van der Waals surface area contributed by atoms with Gasteiger partial charge in [0.1, 0.15) is 5.75 Å². The van der Waals surface area contributed by atoms with Gasteiger partial charge in [-0.1, -0.05) is 48.5 Å². The number of carbonyl (C=O) groups excluding carboxylic acids is 1. The van der Waals surface area contributed by atoms with E-state index >= 15 is 0 Å². The highest BCUT2D eigenvalue weighted by molar-refractivity contribution is 5.97. The van der Waals surface area contributed by atoms with Crippen molar-refractivity contribution >= 4 is 39.9 Å². The lowest BCUT2D eigenvalue weighted by atomic mass is 10.1. The molecule has 0 aliphatic rings. The van der Waals surface area contributed by atoms with Crippen LogP contribution < -0.4 is 10.1 Å². The fourth-order valence-corrected chi connectivity index (χ4v) is 3.08. The smallest absolute Gasteiger partial charge is 0.414 e. The number of amides is 1. The number of ether oxygens (including phenoxy) is 2. The number of hydrogen-bond donors (Lipinski definition) is 2. The van der Waals surface area contributed by atoms with Crippen LogP contribution in [0.1, 0.15) is 13.8 Å². The van der Waals surface area contributed by atoms with E-state index < -0.39 is 6.09 Å². The maximum atomic E-state index is 12.1. The quantitative estimate of drug-likeness (QED) is 0.381. The van der Waals surface area contributed by atoms with Gasteiger partial charge in [0.05, 0.1) is 17.1 Å².